The van der Waals surface area contributed by atoms with E-state index in [1.807, 2.05) is 50.3 Å². The molecule has 18 nitrogen and oxygen atoms in total. The first-order valence-electron chi connectivity index (χ1n) is 24.3. The van der Waals surface area contributed by atoms with Gasteiger partial charge in [0.1, 0.15) is 18.1 Å². The van der Waals surface area contributed by atoms with E-state index in [1.165, 1.54) is 0 Å². The Kier molecular flexibility index (Phi) is 26.4. The highest BCUT2D eigenvalue weighted by Gasteiger charge is 2.51. The van der Waals surface area contributed by atoms with Gasteiger partial charge in [-0.3, -0.25) is 9.59 Å². The first-order valence-corrected chi connectivity index (χ1v) is 24.3. The number of hydrogen-bond donors (Lipinski definition) is 11. The monoisotopic (exact) mass is 980 g/mol. The number of esters is 2. The van der Waals surface area contributed by atoms with Crippen molar-refractivity contribution in [1.29, 1.82) is 0 Å². The number of rotatable bonds is 6. The van der Waals surface area contributed by atoms with E-state index in [0.717, 1.165) is 6.42 Å². The van der Waals surface area contributed by atoms with E-state index in [9.17, 15) is 60.7 Å². The minimum atomic E-state index is -2.28. The number of carbonyl (C=O) groups is 2. The molecule has 2 saturated heterocycles. The maximum atomic E-state index is 13.6. The van der Waals surface area contributed by atoms with Crippen molar-refractivity contribution >= 4 is 11.9 Å². The molecular formula is C51H81NO17. The van der Waals surface area contributed by atoms with Crippen molar-refractivity contribution in [2.75, 3.05) is 6.61 Å². The van der Waals surface area contributed by atoms with Crippen LogP contribution < -0.4 is 5.73 Å². The van der Waals surface area contributed by atoms with Crippen LogP contribution in [0, 0.1) is 17.8 Å². The van der Waals surface area contributed by atoms with Crippen LogP contribution in [0.25, 0.3) is 0 Å². The lowest BCUT2D eigenvalue weighted by Gasteiger charge is -2.45. The summed E-state index contributed by atoms with van der Waals surface area (Å²) in [5.41, 5.74) is 6.09. The highest BCUT2D eigenvalue weighted by atomic mass is 16.7. The molecule has 2 fully saturated rings. The number of hydrogen-bond acceptors (Lipinski definition) is 18. The molecule has 19 atom stereocenters. The molecule has 0 aliphatic carbocycles. The van der Waals surface area contributed by atoms with Crippen LogP contribution in [0.15, 0.2) is 85.1 Å². The molecule has 69 heavy (non-hydrogen) atoms. The number of allylic oxidation sites excluding steroid dienone is 12. The number of fused-ring (bicyclic) bond motifs is 2. The van der Waals surface area contributed by atoms with Gasteiger partial charge in [0.25, 0.3) is 0 Å². The summed E-state index contributed by atoms with van der Waals surface area (Å²) in [5.74, 6) is -5.87. The largest absolute Gasteiger partial charge is 0.465 e. The van der Waals surface area contributed by atoms with Gasteiger partial charge in [0.15, 0.2) is 12.1 Å². The summed E-state index contributed by atoms with van der Waals surface area (Å²) in [6, 6.07) is -1.13. The fraction of sp³-hybridized carbons (Fsp3) is 0.686. The van der Waals surface area contributed by atoms with Gasteiger partial charge in [-0.05, 0) is 39.5 Å². The van der Waals surface area contributed by atoms with Gasteiger partial charge in [-0.15, -0.1) is 0 Å². The lowest BCUT2D eigenvalue weighted by molar-refractivity contribution is -0.309. The third-order valence-corrected chi connectivity index (χ3v) is 12.8. The maximum Gasteiger partial charge on any atom is 0.314 e. The highest BCUT2D eigenvalue weighted by Crippen LogP contribution is 2.39. The number of carbonyl (C=O) groups excluding carboxylic acids is 2. The van der Waals surface area contributed by atoms with Crippen LogP contribution in [0.3, 0.4) is 0 Å². The maximum absolute atomic E-state index is 13.6. The minimum absolute atomic E-state index is 0.0593. The summed E-state index contributed by atoms with van der Waals surface area (Å²) in [6.07, 6.45) is 5.89. The molecule has 18 heteroatoms. The number of ether oxygens (including phenoxy) is 5. The molecule has 0 aromatic carbocycles. The summed E-state index contributed by atoms with van der Waals surface area (Å²) in [6.45, 7) is 8.76. The molecule has 0 unspecified atom stereocenters. The molecule has 12 N–H and O–H groups in total. The standard InChI is InChI=1S/C51H81NO17/c1-6-7-24-65-49(63)44-41(58)30-51(64)29-37(55)26-40(57)39(56)23-22-35(53)25-36(54)27-43(59)66-33(4)32(3)46(60)31(2)20-18-16-14-12-10-8-9-11-13-15-17-19-21-38(28-42(44)69-51)68-50-48(62)45(52)47(61)34(5)67-50/h8-21,31-42,44-48,50,53-58,60-62,64H,6-7,22-30,52H2,1-5H3/b9-8+,12-10+,13-11+,16-14+,17-15+,20-18+,21-19+/t31-,32-,33-,34+,35+,36+,37-,38-,39+,40+,41-,42-,44+,45-,46+,47+,48+,50-,51+/m0/s1. The molecule has 0 saturated carbocycles. The Bertz CT molecular complexity index is 1730. The molecule has 3 rings (SSSR count). The van der Waals surface area contributed by atoms with Gasteiger partial charge >= 0.3 is 11.9 Å². The predicted molar refractivity (Wildman–Crippen MR) is 255 cm³/mol. The third-order valence-electron chi connectivity index (χ3n) is 12.8. The summed E-state index contributed by atoms with van der Waals surface area (Å²) in [7, 11) is 0. The van der Waals surface area contributed by atoms with Crippen molar-refractivity contribution in [2.45, 2.75) is 196 Å². The Labute approximate surface area is 406 Å². The Morgan fingerprint density at radius 1 is 0.696 bits per heavy atom. The van der Waals surface area contributed by atoms with Gasteiger partial charge in [-0.25, -0.2) is 0 Å². The Balaban J connectivity index is 1.92. The smallest absolute Gasteiger partial charge is 0.314 e. The first-order chi connectivity index (χ1) is 32.7. The predicted octanol–water partition coefficient (Wildman–Crippen LogP) is 1.97. The average Bonchev–Trinajstić information content (AvgIpc) is 3.27. The molecule has 3 heterocycles. The lowest BCUT2D eigenvalue weighted by atomic mass is 9.82. The van der Waals surface area contributed by atoms with Gasteiger partial charge in [-0.1, -0.05) is 112 Å². The Hall–Kier alpha value is -3.44. The van der Waals surface area contributed by atoms with Crippen LogP contribution in [0.2, 0.25) is 0 Å². The summed E-state index contributed by atoms with van der Waals surface area (Å²) >= 11 is 0. The SMILES string of the molecule is CCCCOC(=O)[C@H]1[C@@H]2C[C@@H](O[C@@H]3O[C@H](C)[C@@H](O)[C@H](N)[C@H]3O)/C=C/C=C/C=C/C=C/C=C/C=C/C=C/[C@H](C)[C@@H](O)[C@@H](C)[C@H](C)OC(=O)C[C@H](O)C[C@H](O)CC[C@@H](O)[C@H](O)C[C@H](O)C[C@](O)(C[C@@H]1O)O2. The second-order valence-corrected chi connectivity index (χ2v) is 18.8. The van der Waals surface area contributed by atoms with Crippen LogP contribution >= 0.6 is 0 Å². The van der Waals surface area contributed by atoms with E-state index in [0.29, 0.717) is 6.42 Å². The normalized spacial score (nSPS) is 43.5. The molecule has 0 radical (unpaired) electrons. The lowest BCUT2D eigenvalue weighted by Crippen LogP contribution is -2.61. The van der Waals surface area contributed by atoms with E-state index in [-0.39, 0.29) is 38.2 Å². The molecule has 3 aliphatic rings. The zero-order chi connectivity index (χ0) is 51.3. The van der Waals surface area contributed by atoms with Gasteiger partial charge < -0.3 is 80.5 Å². The van der Waals surface area contributed by atoms with Crippen molar-refractivity contribution < 1.29 is 84.3 Å². The highest BCUT2D eigenvalue weighted by molar-refractivity contribution is 5.74. The second kappa shape index (κ2) is 30.4. The van der Waals surface area contributed by atoms with Gasteiger partial charge in [-0.2, -0.15) is 0 Å². The van der Waals surface area contributed by atoms with Crippen molar-refractivity contribution in [3.05, 3.63) is 85.1 Å². The molecule has 0 amide bonds. The zero-order valence-electron chi connectivity index (χ0n) is 40.7. The number of nitrogens with two attached hydrogens (primary N) is 1. The molecule has 0 spiro atoms. The molecule has 0 aromatic heterocycles. The van der Waals surface area contributed by atoms with Crippen molar-refractivity contribution in [3.8, 4) is 0 Å². The second-order valence-electron chi connectivity index (χ2n) is 18.8. The Morgan fingerprint density at radius 2 is 1.29 bits per heavy atom. The van der Waals surface area contributed by atoms with Crippen LogP contribution in [-0.2, 0) is 33.3 Å². The summed E-state index contributed by atoms with van der Waals surface area (Å²) in [5, 5.41) is 109. The van der Waals surface area contributed by atoms with Crippen molar-refractivity contribution in [2.24, 2.45) is 23.5 Å². The van der Waals surface area contributed by atoms with Crippen LogP contribution in [-0.4, -0.2) is 167 Å². The Morgan fingerprint density at radius 3 is 1.90 bits per heavy atom. The summed E-state index contributed by atoms with van der Waals surface area (Å²) in [4.78, 5) is 26.2. The van der Waals surface area contributed by atoms with Crippen molar-refractivity contribution in [1.82, 2.24) is 0 Å². The number of aliphatic hydroxyl groups is 10. The minimum Gasteiger partial charge on any atom is -0.465 e. The van der Waals surface area contributed by atoms with Crippen LogP contribution in [0.1, 0.15) is 98.8 Å². The summed E-state index contributed by atoms with van der Waals surface area (Å²) < 4.78 is 29.1. The van der Waals surface area contributed by atoms with E-state index < -0.39 is 147 Å². The molecule has 392 valence electrons. The average molecular weight is 980 g/mol. The van der Waals surface area contributed by atoms with E-state index >= 15 is 0 Å². The third kappa shape index (κ3) is 20.7. The van der Waals surface area contributed by atoms with Gasteiger partial charge in [0, 0.05) is 37.5 Å². The van der Waals surface area contributed by atoms with Gasteiger partial charge in [0.05, 0.1) is 86.2 Å². The van der Waals surface area contributed by atoms with E-state index in [1.54, 1.807) is 69.4 Å². The van der Waals surface area contributed by atoms with Crippen LogP contribution in [0.5, 0.6) is 0 Å². The quantitative estimate of drug-likeness (QED) is 0.134. The fourth-order valence-corrected chi connectivity index (χ4v) is 8.37. The molecular weight excluding hydrogens is 899 g/mol. The van der Waals surface area contributed by atoms with Crippen molar-refractivity contribution in [3.63, 3.8) is 0 Å². The molecule has 0 aromatic rings. The van der Waals surface area contributed by atoms with Gasteiger partial charge in [0.2, 0.25) is 0 Å². The van der Waals surface area contributed by atoms with E-state index in [2.05, 4.69) is 0 Å². The van der Waals surface area contributed by atoms with E-state index in [4.69, 9.17) is 29.4 Å². The first kappa shape index (κ1) is 59.9. The fourth-order valence-electron chi connectivity index (χ4n) is 8.37. The molecule has 3 aliphatic heterocycles. The number of aliphatic hydroxyl groups excluding tert-OH is 9. The molecule has 2 bridgehead atoms. The topological polar surface area (TPSA) is 309 Å². The number of unbranched alkanes of at least 4 members (excludes halogenated alkanes) is 1. The number of cyclic esters (lactones) is 1. The zero-order valence-corrected chi connectivity index (χ0v) is 40.7. The van der Waals surface area contributed by atoms with Crippen LogP contribution in [0.4, 0.5) is 0 Å².